The van der Waals surface area contributed by atoms with Crippen molar-refractivity contribution in [2.24, 2.45) is 11.3 Å². The van der Waals surface area contributed by atoms with E-state index in [0.29, 0.717) is 11.5 Å². The molecule has 0 radical (unpaired) electrons. The molecule has 1 fully saturated rings. The monoisotopic (exact) mass is 227 g/mol. The molecule has 2 heteroatoms. The van der Waals surface area contributed by atoms with Crippen LogP contribution in [0.1, 0.15) is 52.9 Å². The maximum atomic E-state index is 5.17. The minimum atomic E-state index is 0.481. The molecule has 1 rings (SSSR count). The molecule has 0 aromatic rings. The summed E-state index contributed by atoms with van der Waals surface area (Å²) in [6.45, 7) is 8.90. The van der Waals surface area contributed by atoms with Gasteiger partial charge in [0.05, 0.1) is 6.61 Å². The zero-order chi connectivity index (χ0) is 12.0. The first-order valence-corrected chi connectivity index (χ1v) is 6.80. The van der Waals surface area contributed by atoms with E-state index in [-0.39, 0.29) is 0 Å². The van der Waals surface area contributed by atoms with E-state index in [2.05, 4.69) is 26.1 Å². The Labute approximate surface area is 101 Å². The maximum Gasteiger partial charge on any atom is 0.0613 e. The van der Waals surface area contributed by atoms with E-state index >= 15 is 0 Å². The van der Waals surface area contributed by atoms with Crippen LogP contribution in [0.5, 0.6) is 0 Å². The average molecular weight is 227 g/mol. The third kappa shape index (κ3) is 4.42. The maximum absolute atomic E-state index is 5.17. The van der Waals surface area contributed by atoms with E-state index in [0.717, 1.165) is 12.5 Å². The lowest BCUT2D eigenvalue weighted by atomic mass is 9.78. The van der Waals surface area contributed by atoms with Crippen molar-refractivity contribution in [1.82, 2.24) is 5.32 Å². The normalized spacial score (nSPS) is 21.6. The Kier molecular flexibility index (Phi) is 5.77. The van der Waals surface area contributed by atoms with Crippen LogP contribution in [-0.4, -0.2) is 26.3 Å². The van der Waals surface area contributed by atoms with Gasteiger partial charge in [0.1, 0.15) is 0 Å². The van der Waals surface area contributed by atoms with Crippen molar-refractivity contribution in [2.45, 2.75) is 58.9 Å². The minimum absolute atomic E-state index is 0.481. The van der Waals surface area contributed by atoms with Crippen LogP contribution < -0.4 is 5.32 Å². The van der Waals surface area contributed by atoms with Crippen LogP contribution in [-0.2, 0) is 4.74 Å². The van der Waals surface area contributed by atoms with E-state index in [1.54, 1.807) is 7.11 Å². The Hall–Kier alpha value is -0.0800. The molecule has 96 valence electrons. The topological polar surface area (TPSA) is 21.3 Å². The molecule has 0 bridgehead atoms. The van der Waals surface area contributed by atoms with Crippen molar-refractivity contribution < 1.29 is 4.74 Å². The van der Waals surface area contributed by atoms with Crippen LogP contribution in [0.2, 0.25) is 0 Å². The SMILES string of the molecule is COCC(C)NCC1(CC(C)C)CCCC1. The smallest absolute Gasteiger partial charge is 0.0613 e. The zero-order valence-electron chi connectivity index (χ0n) is 11.5. The zero-order valence-corrected chi connectivity index (χ0v) is 11.5. The van der Waals surface area contributed by atoms with Gasteiger partial charge in [-0.25, -0.2) is 0 Å². The Morgan fingerprint density at radius 2 is 1.81 bits per heavy atom. The van der Waals surface area contributed by atoms with Gasteiger partial charge in [-0.1, -0.05) is 26.7 Å². The van der Waals surface area contributed by atoms with Crippen LogP contribution >= 0.6 is 0 Å². The van der Waals surface area contributed by atoms with Gasteiger partial charge in [0, 0.05) is 19.7 Å². The van der Waals surface area contributed by atoms with Crippen molar-refractivity contribution >= 4 is 0 Å². The molecule has 0 heterocycles. The van der Waals surface area contributed by atoms with Crippen molar-refractivity contribution in [1.29, 1.82) is 0 Å². The van der Waals surface area contributed by atoms with Gasteiger partial charge < -0.3 is 10.1 Å². The van der Waals surface area contributed by atoms with Gasteiger partial charge in [0.15, 0.2) is 0 Å². The summed E-state index contributed by atoms with van der Waals surface area (Å²) in [5.74, 6) is 0.817. The molecule has 1 saturated carbocycles. The van der Waals surface area contributed by atoms with E-state index in [4.69, 9.17) is 4.74 Å². The fourth-order valence-corrected chi connectivity index (χ4v) is 3.14. The fraction of sp³-hybridized carbons (Fsp3) is 1.00. The van der Waals surface area contributed by atoms with Gasteiger partial charge in [-0.15, -0.1) is 0 Å². The van der Waals surface area contributed by atoms with Crippen molar-refractivity contribution in [3.63, 3.8) is 0 Å². The second-order valence-corrected chi connectivity index (χ2v) is 6.04. The number of hydrogen-bond donors (Lipinski definition) is 1. The van der Waals surface area contributed by atoms with Crippen molar-refractivity contribution in [3.05, 3.63) is 0 Å². The van der Waals surface area contributed by atoms with Gasteiger partial charge in [0.25, 0.3) is 0 Å². The highest BCUT2D eigenvalue weighted by Crippen LogP contribution is 2.42. The second-order valence-electron chi connectivity index (χ2n) is 6.04. The predicted octanol–water partition coefficient (Wildman–Crippen LogP) is 3.22. The average Bonchev–Trinajstić information content (AvgIpc) is 2.64. The Bertz CT molecular complexity index is 185. The molecule has 0 aromatic heterocycles. The Morgan fingerprint density at radius 1 is 1.19 bits per heavy atom. The van der Waals surface area contributed by atoms with Gasteiger partial charge in [0.2, 0.25) is 0 Å². The van der Waals surface area contributed by atoms with E-state index in [1.165, 1.54) is 38.6 Å². The first kappa shape index (κ1) is 14.0. The first-order valence-electron chi connectivity index (χ1n) is 6.80. The van der Waals surface area contributed by atoms with Crippen molar-refractivity contribution in [3.8, 4) is 0 Å². The summed E-state index contributed by atoms with van der Waals surface area (Å²) >= 11 is 0. The summed E-state index contributed by atoms with van der Waals surface area (Å²) < 4.78 is 5.17. The number of nitrogens with one attached hydrogen (secondary N) is 1. The summed E-state index contributed by atoms with van der Waals surface area (Å²) in [6.07, 6.45) is 7.05. The highest BCUT2D eigenvalue weighted by atomic mass is 16.5. The molecule has 1 aliphatic rings. The molecule has 1 aliphatic carbocycles. The van der Waals surface area contributed by atoms with Gasteiger partial charge in [-0.3, -0.25) is 0 Å². The molecule has 1 N–H and O–H groups in total. The molecule has 0 aliphatic heterocycles. The predicted molar refractivity (Wildman–Crippen MR) is 69.7 cm³/mol. The molecule has 1 unspecified atom stereocenters. The van der Waals surface area contributed by atoms with Crippen LogP contribution in [0.25, 0.3) is 0 Å². The van der Waals surface area contributed by atoms with Gasteiger partial charge in [-0.05, 0) is 37.5 Å². The van der Waals surface area contributed by atoms with E-state index < -0.39 is 0 Å². The molecular formula is C14H29NO. The first-order chi connectivity index (χ1) is 7.58. The second kappa shape index (κ2) is 6.61. The van der Waals surface area contributed by atoms with E-state index in [9.17, 15) is 0 Å². The molecular weight excluding hydrogens is 198 g/mol. The number of ether oxygens (including phenoxy) is 1. The largest absolute Gasteiger partial charge is 0.383 e. The summed E-state index contributed by atoms with van der Waals surface area (Å²) in [4.78, 5) is 0. The quantitative estimate of drug-likeness (QED) is 0.721. The number of hydrogen-bond acceptors (Lipinski definition) is 2. The number of rotatable bonds is 7. The summed E-state index contributed by atoms with van der Waals surface area (Å²) in [6, 6.07) is 0.481. The minimum Gasteiger partial charge on any atom is -0.383 e. The molecule has 0 saturated heterocycles. The summed E-state index contributed by atoms with van der Waals surface area (Å²) in [5.41, 5.74) is 0.580. The van der Waals surface area contributed by atoms with Gasteiger partial charge >= 0.3 is 0 Å². The summed E-state index contributed by atoms with van der Waals surface area (Å²) in [5, 5.41) is 3.65. The lowest BCUT2D eigenvalue weighted by Gasteiger charge is -2.32. The highest BCUT2D eigenvalue weighted by molar-refractivity contribution is 4.88. The van der Waals surface area contributed by atoms with E-state index in [1.807, 2.05) is 0 Å². The fourth-order valence-electron chi connectivity index (χ4n) is 3.14. The van der Waals surface area contributed by atoms with Crippen LogP contribution in [0, 0.1) is 11.3 Å². The highest BCUT2D eigenvalue weighted by Gasteiger charge is 2.34. The molecule has 1 atom stereocenters. The molecule has 0 spiro atoms. The summed E-state index contributed by atoms with van der Waals surface area (Å²) in [7, 11) is 1.78. The van der Waals surface area contributed by atoms with Crippen LogP contribution in [0.3, 0.4) is 0 Å². The molecule has 0 aromatic carbocycles. The molecule has 2 nitrogen and oxygen atoms in total. The molecule has 0 amide bonds. The van der Waals surface area contributed by atoms with Crippen LogP contribution in [0.15, 0.2) is 0 Å². The number of methoxy groups -OCH3 is 1. The lowest BCUT2D eigenvalue weighted by Crippen LogP contribution is -2.39. The van der Waals surface area contributed by atoms with Crippen LogP contribution in [0.4, 0.5) is 0 Å². The van der Waals surface area contributed by atoms with Crippen molar-refractivity contribution in [2.75, 3.05) is 20.3 Å². The standard InChI is InChI=1S/C14H29NO/c1-12(2)9-14(7-5-6-8-14)11-15-13(3)10-16-4/h12-13,15H,5-11H2,1-4H3. The third-order valence-electron chi connectivity index (χ3n) is 3.75. The molecule has 16 heavy (non-hydrogen) atoms. The lowest BCUT2D eigenvalue weighted by molar-refractivity contribution is 0.154. The van der Waals surface area contributed by atoms with Gasteiger partial charge in [-0.2, -0.15) is 0 Å². The Balaban J connectivity index is 2.39. The third-order valence-corrected chi connectivity index (χ3v) is 3.75. The Morgan fingerprint density at radius 3 is 2.31 bits per heavy atom.